The van der Waals surface area contributed by atoms with E-state index in [1.54, 1.807) is 29.2 Å². The van der Waals surface area contributed by atoms with E-state index in [0.717, 1.165) is 0 Å². The maximum atomic E-state index is 12.8. The second-order valence-corrected chi connectivity index (χ2v) is 8.07. The van der Waals surface area contributed by atoms with E-state index in [1.165, 1.54) is 0 Å². The van der Waals surface area contributed by atoms with Gasteiger partial charge in [0.15, 0.2) is 0 Å². The molecule has 1 amide bonds. The molecule has 0 bridgehead atoms. The lowest BCUT2D eigenvalue weighted by Crippen LogP contribution is -2.46. The van der Waals surface area contributed by atoms with E-state index < -0.39 is 22.5 Å². The third-order valence-electron chi connectivity index (χ3n) is 5.51. The number of benzene rings is 1. The highest BCUT2D eigenvalue weighted by molar-refractivity contribution is 6.30. The summed E-state index contributed by atoms with van der Waals surface area (Å²) in [5, 5.41) is 12.6. The van der Waals surface area contributed by atoms with Gasteiger partial charge in [-0.25, -0.2) is 9.97 Å². The minimum atomic E-state index is -4.61. The number of aliphatic hydroxyl groups is 1. The second-order valence-electron chi connectivity index (χ2n) is 7.71. The van der Waals surface area contributed by atoms with Gasteiger partial charge in [0.25, 0.3) is 5.91 Å². The zero-order chi connectivity index (χ0) is 22.2. The Bertz CT molecular complexity index is 959. The van der Waals surface area contributed by atoms with Crippen molar-refractivity contribution in [1.29, 1.82) is 0 Å². The highest BCUT2D eigenvalue weighted by atomic mass is 35.5. The van der Waals surface area contributed by atoms with Gasteiger partial charge < -0.3 is 20.1 Å². The summed E-state index contributed by atoms with van der Waals surface area (Å²) in [7, 11) is 0. The number of piperidine rings is 1. The van der Waals surface area contributed by atoms with Crippen LogP contribution < -0.4 is 5.32 Å². The van der Waals surface area contributed by atoms with Crippen molar-refractivity contribution in [3.8, 4) is 0 Å². The molecule has 11 heteroatoms. The fourth-order valence-electron chi connectivity index (χ4n) is 3.60. The fourth-order valence-corrected chi connectivity index (χ4v) is 3.83. The van der Waals surface area contributed by atoms with Gasteiger partial charge in [-0.05, 0) is 30.5 Å². The molecule has 2 N–H and O–H groups in total. The van der Waals surface area contributed by atoms with Crippen LogP contribution in [0.15, 0.2) is 30.5 Å². The Morgan fingerprint density at radius 3 is 2.39 bits per heavy atom. The third-order valence-corrected chi connectivity index (χ3v) is 5.80. The molecule has 7 nitrogen and oxygen atoms in total. The van der Waals surface area contributed by atoms with Gasteiger partial charge in [-0.2, -0.15) is 13.2 Å². The summed E-state index contributed by atoms with van der Waals surface area (Å²) in [4.78, 5) is 21.9. The van der Waals surface area contributed by atoms with E-state index in [9.17, 15) is 23.1 Å². The van der Waals surface area contributed by atoms with Crippen LogP contribution in [0.5, 0.6) is 0 Å². The lowest BCUT2D eigenvalue weighted by atomic mass is 9.91. The van der Waals surface area contributed by atoms with Crippen molar-refractivity contribution in [3.63, 3.8) is 0 Å². The molecule has 2 fully saturated rings. The number of hydrogen-bond donors (Lipinski definition) is 2. The molecular weight excluding hydrogens is 437 g/mol. The minimum absolute atomic E-state index is 0.0243. The molecule has 2 aromatic rings. The summed E-state index contributed by atoms with van der Waals surface area (Å²) in [6.07, 6.45) is -2.78. The molecule has 2 aliphatic rings. The number of hydrogen-bond acceptors (Lipinski definition) is 6. The van der Waals surface area contributed by atoms with Gasteiger partial charge in [0, 0.05) is 30.9 Å². The lowest BCUT2D eigenvalue weighted by molar-refractivity contribution is -0.184. The molecule has 0 spiro atoms. The first-order valence-corrected chi connectivity index (χ1v) is 10.1. The zero-order valence-electron chi connectivity index (χ0n) is 16.3. The van der Waals surface area contributed by atoms with E-state index >= 15 is 0 Å². The predicted molar refractivity (Wildman–Crippen MR) is 106 cm³/mol. The first-order chi connectivity index (χ1) is 14.7. The molecule has 31 heavy (non-hydrogen) atoms. The Balaban J connectivity index is 1.32. The van der Waals surface area contributed by atoms with E-state index in [4.69, 9.17) is 16.3 Å². The van der Waals surface area contributed by atoms with Crippen LogP contribution in [0.4, 0.5) is 19.1 Å². The Labute approximate surface area is 181 Å². The third kappa shape index (κ3) is 4.60. The molecule has 2 aliphatic heterocycles. The van der Waals surface area contributed by atoms with Crippen LogP contribution in [0.2, 0.25) is 5.15 Å². The molecular formula is C20H20ClF3N4O3. The van der Waals surface area contributed by atoms with Gasteiger partial charge in [-0.15, -0.1) is 0 Å². The molecule has 0 aliphatic carbocycles. The first kappa shape index (κ1) is 21.8. The van der Waals surface area contributed by atoms with Gasteiger partial charge in [-0.1, -0.05) is 23.7 Å². The number of anilines is 1. The largest absolute Gasteiger partial charge is 0.420 e. The lowest BCUT2D eigenvalue weighted by Gasteiger charge is -2.37. The number of carbonyl (C=O) groups is 1. The van der Waals surface area contributed by atoms with Crippen molar-refractivity contribution < 1.29 is 27.8 Å². The van der Waals surface area contributed by atoms with Crippen LogP contribution in [0.3, 0.4) is 0 Å². The fraction of sp³-hybridized carbons (Fsp3) is 0.450. The number of rotatable bonds is 4. The number of halogens is 4. The molecule has 0 radical (unpaired) electrons. The van der Waals surface area contributed by atoms with Gasteiger partial charge in [-0.3, -0.25) is 4.79 Å². The maximum Gasteiger partial charge on any atom is 0.420 e. The summed E-state index contributed by atoms with van der Waals surface area (Å²) < 4.78 is 43.3. The number of nitrogens with one attached hydrogen (secondary N) is 1. The topological polar surface area (TPSA) is 87.6 Å². The Hall–Kier alpha value is -2.43. The Kier molecular flexibility index (Phi) is 5.80. The van der Waals surface area contributed by atoms with Crippen molar-refractivity contribution in [2.24, 2.45) is 0 Å². The highest BCUT2D eigenvalue weighted by Gasteiger charge is 2.38. The van der Waals surface area contributed by atoms with Gasteiger partial charge in [0.1, 0.15) is 16.3 Å². The predicted octanol–water partition coefficient (Wildman–Crippen LogP) is 3.08. The maximum absolute atomic E-state index is 12.8. The summed E-state index contributed by atoms with van der Waals surface area (Å²) >= 11 is 5.63. The zero-order valence-corrected chi connectivity index (χ0v) is 17.1. The molecule has 1 aromatic carbocycles. The monoisotopic (exact) mass is 456 g/mol. The molecule has 3 heterocycles. The van der Waals surface area contributed by atoms with Gasteiger partial charge in [0.05, 0.1) is 13.2 Å². The standard InChI is InChI=1S/C20H20ClF3N4O3/c21-16-15(20(22,23)24)9-25-18(27-16)26-14-5-7-28(8-6-14)17(29)12-1-3-13(4-2-12)19(30)10-31-11-19/h1-4,9,14,30H,5-8,10-11H2,(H,25,26,27). The summed E-state index contributed by atoms with van der Waals surface area (Å²) in [5.41, 5.74) is -0.817. The number of carbonyl (C=O) groups excluding carboxylic acids is 1. The van der Waals surface area contributed by atoms with Crippen LogP contribution in [-0.4, -0.2) is 58.2 Å². The molecule has 2 saturated heterocycles. The number of alkyl halides is 3. The van der Waals surface area contributed by atoms with Crippen LogP contribution in [0, 0.1) is 0 Å². The van der Waals surface area contributed by atoms with Gasteiger partial charge >= 0.3 is 6.18 Å². The molecule has 1 aromatic heterocycles. The smallest absolute Gasteiger partial charge is 0.380 e. The average Bonchev–Trinajstić information content (AvgIpc) is 2.71. The van der Waals surface area contributed by atoms with Crippen LogP contribution in [-0.2, 0) is 16.5 Å². The normalized spacial score (nSPS) is 19.1. The quantitative estimate of drug-likeness (QED) is 0.687. The summed E-state index contributed by atoms with van der Waals surface area (Å²) in [5.74, 6) is -0.0908. The van der Waals surface area contributed by atoms with E-state index in [-0.39, 0.29) is 31.1 Å². The second kappa shape index (κ2) is 8.25. The van der Waals surface area contributed by atoms with Crippen molar-refractivity contribution >= 4 is 23.5 Å². The van der Waals surface area contributed by atoms with E-state index in [1.807, 2.05) is 0 Å². The van der Waals surface area contributed by atoms with Crippen molar-refractivity contribution in [2.45, 2.75) is 30.7 Å². The number of likely N-dealkylation sites (tertiary alicyclic amines) is 1. The molecule has 0 saturated carbocycles. The van der Waals surface area contributed by atoms with E-state index in [2.05, 4.69) is 15.3 Å². The molecule has 0 unspecified atom stereocenters. The van der Waals surface area contributed by atoms with Crippen LogP contribution in [0.1, 0.15) is 34.3 Å². The van der Waals surface area contributed by atoms with Crippen molar-refractivity contribution in [1.82, 2.24) is 14.9 Å². The number of aromatic nitrogens is 2. The Morgan fingerprint density at radius 2 is 1.87 bits per heavy atom. The van der Waals surface area contributed by atoms with Crippen LogP contribution in [0.25, 0.3) is 0 Å². The summed E-state index contributed by atoms with van der Waals surface area (Å²) in [6.45, 7) is 1.44. The number of amides is 1. The first-order valence-electron chi connectivity index (χ1n) is 9.72. The number of ether oxygens (including phenoxy) is 1. The summed E-state index contributed by atoms with van der Waals surface area (Å²) in [6, 6.07) is 6.75. The molecule has 166 valence electrons. The molecule has 0 atom stereocenters. The van der Waals surface area contributed by atoms with Gasteiger partial charge in [0.2, 0.25) is 5.95 Å². The molecule has 4 rings (SSSR count). The van der Waals surface area contributed by atoms with Crippen LogP contribution >= 0.6 is 11.6 Å². The van der Waals surface area contributed by atoms with Crippen molar-refractivity contribution in [3.05, 3.63) is 52.3 Å². The SMILES string of the molecule is O=C(c1ccc(C2(O)COC2)cc1)N1CCC(Nc2ncc(C(F)(F)F)c(Cl)n2)CC1. The average molecular weight is 457 g/mol. The van der Waals surface area contributed by atoms with Crippen molar-refractivity contribution in [2.75, 3.05) is 31.6 Å². The Morgan fingerprint density at radius 1 is 1.23 bits per heavy atom. The van der Waals surface area contributed by atoms with E-state index in [0.29, 0.717) is 43.3 Å². The highest BCUT2D eigenvalue weighted by Crippen LogP contribution is 2.33. The number of nitrogens with zero attached hydrogens (tertiary/aromatic N) is 3. The minimum Gasteiger partial charge on any atom is -0.380 e.